The first-order chi connectivity index (χ1) is 8.70. The molecule has 4 nitrogen and oxygen atoms in total. The molecular weight excluding hydrogens is 226 g/mol. The second-order valence-electron chi connectivity index (χ2n) is 4.76. The maximum Gasteiger partial charge on any atom is 0.251 e. The predicted molar refractivity (Wildman–Crippen MR) is 73.5 cm³/mol. The van der Waals surface area contributed by atoms with Gasteiger partial charge in [-0.2, -0.15) is 0 Å². The van der Waals surface area contributed by atoms with Crippen molar-refractivity contribution in [2.24, 2.45) is 0 Å². The van der Waals surface area contributed by atoms with Gasteiger partial charge in [0, 0.05) is 23.8 Å². The van der Waals surface area contributed by atoms with Gasteiger partial charge in [0.15, 0.2) is 0 Å². The van der Waals surface area contributed by atoms with Crippen LogP contribution in [0.15, 0.2) is 24.3 Å². The molecule has 1 amide bonds. The van der Waals surface area contributed by atoms with Crippen LogP contribution in [-0.4, -0.2) is 36.5 Å². The Hall–Kier alpha value is -1.55. The number of likely N-dealkylation sites (N-methyl/N-ethyl adjacent to an activating group) is 1. The molecule has 1 fully saturated rings. The second-order valence-corrected chi connectivity index (χ2v) is 4.76. The van der Waals surface area contributed by atoms with Gasteiger partial charge in [0.2, 0.25) is 0 Å². The van der Waals surface area contributed by atoms with Gasteiger partial charge in [0.05, 0.1) is 0 Å². The third-order valence-electron chi connectivity index (χ3n) is 3.58. The lowest BCUT2D eigenvalue weighted by Gasteiger charge is -2.22. The summed E-state index contributed by atoms with van der Waals surface area (Å²) in [5.74, 6) is -0.0158. The van der Waals surface area contributed by atoms with E-state index in [-0.39, 0.29) is 5.91 Å². The molecule has 0 aromatic heterocycles. The number of likely N-dealkylation sites (tertiary alicyclic amines) is 1. The first-order valence-electron chi connectivity index (χ1n) is 6.58. The predicted octanol–water partition coefficient (Wildman–Crippen LogP) is 1.48. The normalized spacial score (nSPS) is 19.9. The Kier molecular flexibility index (Phi) is 4.20. The molecule has 0 bridgehead atoms. The molecule has 0 aliphatic carbocycles. The monoisotopic (exact) mass is 247 g/mol. The number of nitrogens with one attached hydrogen (secondary N) is 1. The van der Waals surface area contributed by atoms with E-state index in [0.717, 1.165) is 19.6 Å². The standard InChI is InChI=1S/C14H21N3O/c1-2-17-9-3-4-13(17)10-16-14(18)11-5-7-12(15)8-6-11/h5-8,13H,2-4,9-10,15H2,1H3,(H,16,18). The van der Waals surface area contributed by atoms with Gasteiger partial charge in [-0.3, -0.25) is 9.69 Å². The Morgan fingerprint density at radius 2 is 2.17 bits per heavy atom. The molecule has 2 rings (SSSR count). The number of amides is 1. The Morgan fingerprint density at radius 1 is 1.44 bits per heavy atom. The third-order valence-corrected chi connectivity index (χ3v) is 3.58. The zero-order valence-corrected chi connectivity index (χ0v) is 10.9. The average Bonchev–Trinajstić information content (AvgIpc) is 2.84. The number of carbonyl (C=O) groups is 1. The molecule has 1 unspecified atom stereocenters. The van der Waals surface area contributed by atoms with Crippen LogP contribution in [0.25, 0.3) is 0 Å². The van der Waals surface area contributed by atoms with Crippen LogP contribution in [0.1, 0.15) is 30.1 Å². The molecular formula is C14H21N3O. The van der Waals surface area contributed by atoms with Crippen molar-refractivity contribution in [2.75, 3.05) is 25.4 Å². The highest BCUT2D eigenvalue weighted by Gasteiger charge is 2.23. The van der Waals surface area contributed by atoms with E-state index in [9.17, 15) is 4.79 Å². The molecule has 1 saturated heterocycles. The smallest absolute Gasteiger partial charge is 0.251 e. The largest absolute Gasteiger partial charge is 0.399 e. The molecule has 1 aromatic carbocycles. The minimum Gasteiger partial charge on any atom is -0.399 e. The molecule has 1 aromatic rings. The molecule has 98 valence electrons. The van der Waals surface area contributed by atoms with Gasteiger partial charge in [-0.1, -0.05) is 6.92 Å². The minimum absolute atomic E-state index is 0.0158. The van der Waals surface area contributed by atoms with E-state index in [1.165, 1.54) is 12.8 Å². The van der Waals surface area contributed by atoms with Crippen LogP contribution < -0.4 is 11.1 Å². The van der Waals surface area contributed by atoms with Crippen molar-refractivity contribution >= 4 is 11.6 Å². The number of benzene rings is 1. The molecule has 0 spiro atoms. The van der Waals surface area contributed by atoms with Gasteiger partial charge in [-0.05, 0) is 50.2 Å². The average molecular weight is 247 g/mol. The second kappa shape index (κ2) is 5.87. The summed E-state index contributed by atoms with van der Waals surface area (Å²) in [6, 6.07) is 7.52. The summed E-state index contributed by atoms with van der Waals surface area (Å²) in [5.41, 5.74) is 6.95. The SMILES string of the molecule is CCN1CCCC1CNC(=O)c1ccc(N)cc1. The Labute approximate surface area is 108 Å². The van der Waals surface area contributed by atoms with Gasteiger partial charge >= 0.3 is 0 Å². The number of nitrogens with two attached hydrogens (primary N) is 1. The highest BCUT2D eigenvalue weighted by Crippen LogP contribution is 2.15. The number of hydrogen-bond donors (Lipinski definition) is 2. The van der Waals surface area contributed by atoms with Crippen LogP contribution in [0.3, 0.4) is 0 Å². The zero-order chi connectivity index (χ0) is 13.0. The highest BCUT2D eigenvalue weighted by atomic mass is 16.1. The van der Waals surface area contributed by atoms with E-state index < -0.39 is 0 Å². The highest BCUT2D eigenvalue weighted by molar-refractivity contribution is 5.94. The van der Waals surface area contributed by atoms with Crippen molar-refractivity contribution in [3.05, 3.63) is 29.8 Å². The lowest BCUT2D eigenvalue weighted by Crippen LogP contribution is -2.40. The van der Waals surface area contributed by atoms with Crippen molar-refractivity contribution in [2.45, 2.75) is 25.8 Å². The molecule has 1 aliphatic rings. The van der Waals surface area contributed by atoms with Crippen LogP contribution in [0.4, 0.5) is 5.69 Å². The Balaban J connectivity index is 1.86. The maximum absolute atomic E-state index is 11.9. The third kappa shape index (κ3) is 3.01. The zero-order valence-electron chi connectivity index (χ0n) is 10.9. The molecule has 0 radical (unpaired) electrons. The summed E-state index contributed by atoms with van der Waals surface area (Å²) in [6.45, 7) is 5.11. The summed E-state index contributed by atoms with van der Waals surface area (Å²) < 4.78 is 0. The topological polar surface area (TPSA) is 58.4 Å². The number of anilines is 1. The Morgan fingerprint density at radius 3 is 2.83 bits per heavy atom. The van der Waals surface area contributed by atoms with Crippen molar-refractivity contribution in [3.63, 3.8) is 0 Å². The molecule has 0 saturated carbocycles. The molecule has 4 heteroatoms. The molecule has 1 atom stereocenters. The molecule has 3 N–H and O–H groups in total. The van der Waals surface area contributed by atoms with Gasteiger partial charge in [0.25, 0.3) is 5.91 Å². The van der Waals surface area contributed by atoms with E-state index in [2.05, 4.69) is 17.1 Å². The number of nitrogens with zero attached hydrogens (tertiary/aromatic N) is 1. The van der Waals surface area contributed by atoms with Crippen molar-refractivity contribution in [1.82, 2.24) is 10.2 Å². The lowest BCUT2D eigenvalue weighted by molar-refractivity contribution is 0.0941. The van der Waals surface area contributed by atoms with E-state index >= 15 is 0 Å². The van der Waals surface area contributed by atoms with Crippen molar-refractivity contribution in [3.8, 4) is 0 Å². The van der Waals surface area contributed by atoms with Gasteiger partial charge in [-0.25, -0.2) is 0 Å². The number of carbonyl (C=O) groups excluding carboxylic acids is 1. The number of nitrogen functional groups attached to an aromatic ring is 1. The summed E-state index contributed by atoms with van der Waals surface area (Å²) in [5, 5.41) is 3.00. The van der Waals surface area contributed by atoms with E-state index in [1.54, 1.807) is 24.3 Å². The van der Waals surface area contributed by atoms with Crippen LogP contribution in [0.5, 0.6) is 0 Å². The summed E-state index contributed by atoms with van der Waals surface area (Å²) in [6.07, 6.45) is 2.41. The number of rotatable bonds is 4. The fourth-order valence-electron chi connectivity index (χ4n) is 2.49. The summed E-state index contributed by atoms with van der Waals surface area (Å²) in [7, 11) is 0. The molecule has 18 heavy (non-hydrogen) atoms. The quantitative estimate of drug-likeness (QED) is 0.792. The molecule has 1 heterocycles. The van der Waals surface area contributed by atoms with Gasteiger partial charge in [-0.15, -0.1) is 0 Å². The first kappa shape index (κ1) is 12.9. The Bertz CT molecular complexity index is 402. The van der Waals surface area contributed by atoms with Crippen LogP contribution >= 0.6 is 0 Å². The fourth-order valence-corrected chi connectivity index (χ4v) is 2.49. The number of hydrogen-bond acceptors (Lipinski definition) is 3. The van der Waals surface area contributed by atoms with Gasteiger partial charge in [0.1, 0.15) is 0 Å². The van der Waals surface area contributed by atoms with Crippen LogP contribution in [-0.2, 0) is 0 Å². The van der Waals surface area contributed by atoms with E-state index in [1.807, 2.05) is 0 Å². The molecule has 1 aliphatic heterocycles. The van der Waals surface area contributed by atoms with Crippen molar-refractivity contribution < 1.29 is 4.79 Å². The summed E-state index contributed by atoms with van der Waals surface area (Å²) in [4.78, 5) is 14.4. The van der Waals surface area contributed by atoms with Crippen LogP contribution in [0.2, 0.25) is 0 Å². The van der Waals surface area contributed by atoms with E-state index in [4.69, 9.17) is 5.73 Å². The fraction of sp³-hybridized carbons (Fsp3) is 0.500. The van der Waals surface area contributed by atoms with Gasteiger partial charge < -0.3 is 11.1 Å². The maximum atomic E-state index is 11.9. The summed E-state index contributed by atoms with van der Waals surface area (Å²) >= 11 is 0. The van der Waals surface area contributed by atoms with E-state index in [0.29, 0.717) is 17.3 Å². The lowest BCUT2D eigenvalue weighted by atomic mass is 10.1. The minimum atomic E-state index is -0.0158. The van der Waals surface area contributed by atoms with Crippen LogP contribution in [0, 0.1) is 0 Å². The first-order valence-corrected chi connectivity index (χ1v) is 6.58. The van der Waals surface area contributed by atoms with Crippen molar-refractivity contribution in [1.29, 1.82) is 0 Å².